The van der Waals surface area contributed by atoms with Gasteiger partial charge >= 0.3 is 0 Å². The van der Waals surface area contributed by atoms with Gasteiger partial charge in [-0.1, -0.05) is 38.1 Å². The van der Waals surface area contributed by atoms with Crippen LogP contribution in [0.15, 0.2) is 36.4 Å². The van der Waals surface area contributed by atoms with Crippen molar-refractivity contribution in [3.8, 4) is 11.5 Å². The first-order chi connectivity index (χ1) is 12.8. The number of rotatable bonds is 8. The van der Waals surface area contributed by atoms with E-state index in [9.17, 15) is 0 Å². The van der Waals surface area contributed by atoms with Gasteiger partial charge in [0, 0.05) is 11.8 Å². The molecule has 2 aliphatic heterocycles. The second kappa shape index (κ2) is 7.85. The molecule has 0 spiro atoms. The molecule has 26 heavy (non-hydrogen) atoms. The van der Waals surface area contributed by atoms with Gasteiger partial charge in [0.1, 0.15) is 12.2 Å². The Morgan fingerprint density at radius 3 is 1.54 bits per heavy atom. The molecule has 140 valence electrons. The Balaban J connectivity index is 1.63. The molecule has 0 N–H and O–H groups in total. The van der Waals surface area contributed by atoms with Crippen molar-refractivity contribution in [2.45, 2.75) is 38.9 Å². The highest BCUT2D eigenvalue weighted by atomic mass is 16.5. The molecule has 2 aromatic rings. The number of fused-ring (bicyclic) bond motifs is 1. The van der Waals surface area contributed by atoms with E-state index < -0.39 is 0 Å². The number of ether oxygens (including phenoxy) is 4. The maximum Gasteiger partial charge on any atom is 0.162 e. The average molecular weight is 356 g/mol. The molecule has 4 heteroatoms. The van der Waals surface area contributed by atoms with Gasteiger partial charge in [0.15, 0.2) is 11.5 Å². The molecule has 2 unspecified atom stereocenters. The summed E-state index contributed by atoms with van der Waals surface area (Å²) in [4.78, 5) is 0. The van der Waals surface area contributed by atoms with Gasteiger partial charge in [0.2, 0.25) is 0 Å². The van der Waals surface area contributed by atoms with Crippen LogP contribution in [0.3, 0.4) is 0 Å². The fourth-order valence-electron chi connectivity index (χ4n) is 3.67. The summed E-state index contributed by atoms with van der Waals surface area (Å²) >= 11 is 0. The SMILES string of the molecule is CCC(Oc1cc2ccccc2cc1OC(CC)C1COC1)C1COC1. The molecule has 4 rings (SSSR count). The van der Waals surface area contributed by atoms with Crippen molar-refractivity contribution in [2.75, 3.05) is 26.4 Å². The minimum Gasteiger partial charge on any atom is -0.486 e. The lowest BCUT2D eigenvalue weighted by molar-refractivity contribution is -0.0896. The maximum atomic E-state index is 6.45. The van der Waals surface area contributed by atoms with Crippen LogP contribution in [0, 0.1) is 11.8 Å². The van der Waals surface area contributed by atoms with Crippen LogP contribution in [0.5, 0.6) is 11.5 Å². The minimum absolute atomic E-state index is 0.166. The minimum atomic E-state index is 0.166. The van der Waals surface area contributed by atoms with Crippen LogP contribution in [-0.2, 0) is 9.47 Å². The Hall–Kier alpha value is -1.78. The molecule has 2 atom stereocenters. The predicted molar refractivity (Wildman–Crippen MR) is 102 cm³/mol. The molecular weight excluding hydrogens is 328 g/mol. The van der Waals surface area contributed by atoms with Gasteiger partial charge in [-0.2, -0.15) is 0 Å². The van der Waals surface area contributed by atoms with Crippen LogP contribution in [0.25, 0.3) is 10.8 Å². The lowest BCUT2D eigenvalue weighted by Crippen LogP contribution is -2.41. The summed E-state index contributed by atoms with van der Waals surface area (Å²) in [6.07, 6.45) is 2.26. The van der Waals surface area contributed by atoms with E-state index in [-0.39, 0.29) is 12.2 Å². The average Bonchev–Trinajstić information content (AvgIpc) is 2.57. The summed E-state index contributed by atoms with van der Waals surface area (Å²) in [6.45, 7) is 7.51. The monoisotopic (exact) mass is 356 g/mol. The Morgan fingerprint density at radius 2 is 1.23 bits per heavy atom. The zero-order valence-corrected chi connectivity index (χ0v) is 15.6. The summed E-state index contributed by atoms with van der Waals surface area (Å²) < 4.78 is 23.6. The number of hydrogen-bond acceptors (Lipinski definition) is 4. The molecule has 2 fully saturated rings. The maximum absolute atomic E-state index is 6.45. The van der Waals surface area contributed by atoms with Gasteiger partial charge in [-0.3, -0.25) is 0 Å². The molecule has 2 saturated heterocycles. The van der Waals surface area contributed by atoms with Crippen LogP contribution < -0.4 is 9.47 Å². The molecule has 0 radical (unpaired) electrons. The van der Waals surface area contributed by atoms with Crippen molar-refractivity contribution >= 4 is 10.8 Å². The van der Waals surface area contributed by atoms with E-state index in [4.69, 9.17) is 18.9 Å². The summed E-state index contributed by atoms with van der Waals surface area (Å²) in [5, 5.41) is 2.35. The van der Waals surface area contributed by atoms with E-state index in [0.29, 0.717) is 11.8 Å². The van der Waals surface area contributed by atoms with E-state index >= 15 is 0 Å². The van der Waals surface area contributed by atoms with E-state index in [1.165, 1.54) is 10.8 Å². The third-order valence-corrected chi connectivity index (χ3v) is 5.55. The van der Waals surface area contributed by atoms with Crippen molar-refractivity contribution in [3.05, 3.63) is 36.4 Å². The van der Waals surface area contributed by atoms with Crippen molar-refractivity contribution < 1.29 is 18.9 Å². The third-order valence-electron chi connectivity index (χ3n) is 5.55. The predicted octanol–water partition coefficient (Wildman–Crippen LogP) is 4.45. The number of benzene rings is 2. The third kappa shape index (κ3) is 3.53. The van der Waals surface area contributed by atoms with Gasteiger partial charge in [-0.05, 0) is 35.7 Å². The van der Waals surface area contributed by atoms with E-state index in [0.717, 1.165) is 50.8 Å². The summed E-state index contributed by atoms with van der Waals surface area (Å²) in [7, 11) is 0. The first-order valence-electron chi connectivity index (χ1n) is 9.80. The first kappa shape index (κ1) is 17.6. The van der Waals surface area contributed by atoms with Crippen LogP contribution in [0.1, 0.15) is 26.7 Å². The Kier molecular flexibility index (Phi) is 5.32. The topological polar surface area (TPSA) is 36.9 Å². The molecular formula is C22H28O4. The highest BCUT2D eigenvalue weighted by Gasteiger charge is 2.32. The lowest BCUT2D eigenvalue weighted by Gasteiger charge is -2.35. The molecule has 0 aromatic heterocycles. The Bertz CT molecular complexity index is 673. The molecule has 2 aromatic carbocycles. The quantitative estimate of drug-likeness (QED) is 0.700. The van der Waals surface area contributed by atoms with Crippen molar-refractivity contribution in [2.24, 2.45) is 11.8 Å². The van der Waals surface area contributed by atoms with Crippen LogP contribution >= 0.6 is 0 Å². The van der Waals surface area contributed by atoms with Crippen molar-refractivity contribution in [3.63, 3.8) is 0 Å². The van der Waals surface area contributed by atoms with Crippen LogP contribution in [-0.4, -0.2) is 38.6 Å². The van der Waals surface area contributed by atoms with Gasteiger partial charge in [-0.15, -0.1) is 0 Å². The summed E-state index contributed by atoms with van der Waals surface area (Å²) in [6, 6.07) is 12.6. The van der Waals surface area contributed by atoms with Crippen molar-refractivity contribution in [1.29, 1.82) is 0 Å². The van der Waals surface area contributed by atoms with Crippen LogP contribution in [0.4, 0.5) is 0 Å². The largest absolute Gasteiger partial charge is 0.486 e. The van der Waals surface area contributed by atoms with E-state index in [1.807, 2.05) is 0 Å². The summed E-state index contributed by atoms with van der Waals surface area (Å²) in [5.74, 6) is 2.64. The molecule has 2 aliphatic rings. The van der Waals surface area contributed by atoms with Gasteiger partial charge < -0.3 is 18.9 Å². The standard InChI is InChI=1S/C22H28O4/c1-3-19(17-11-23-12-17)25-21-9-15-7-5-6-8-16(15)10-22(21)26-20(4-2)18-13-24-14-18/h5-10,17-20H,3-4,11-14H2,1-2H3. The summed E-state index contributed by atoms with van der Waals surface area (Å²) in [5.41, 5.74) is 0. The zero-order valence-electron chi connectivity index (χ0n) is 15.6. The van der Waals surface area contributed by atoms with Gasteiger partial charge in [-0.25, -0.2) is 0 Å². The second-order valence-corrected chi connectivity index (χ2v) is 7.37. The molecule has 0 saturated carbocycles. The van der Waals surface area contributed by atoms with Gasteiger partial charge in [0.05, 0.1) is 26.4 Å². The molecule has 4 nitrogen and oxygen atoms in total. The highest BCUT2D eigenvalue weighted by Crippen LogP contribution is 2.37. The molecule has 0 amide bonds. The second-order valence-electron chi connectivity index (χ2n) is 7.37. The van der Waals surface area contributed by atoms with Gasteiger partial charge in [0.25, 0.3) is 0 Å². The van der Waals surface area contributed by atoms with E-state index in [2.05, 4.69) is 50.2 Å². The molecule has 2 heterocycles. The fourth-order valence-corrected chi connectivity index (χ4v) is 3.67. The Morgan fingerprint density at radius 1 is 0.808 bits per heavy atom. The van der Waals surface area contributed by atoms with Crippen molar-refractivity contribution in [1.82, 2.24) is 0 Å². The normalized spacial score (nSPS) is 20.2. The Labute approximate surface area is 155 Å². The highest BCUT2D eigenvalue weighted by molar-refractivity contribution is 5.86. The molecule has 0 aliphatic carbocycles. The smallest absolute Gasteiger partial charge is 0.162 e. The van der Waals surface area contributed by atoms with Crippen LogP contribution in [0.2, 0.25) is 0 Å². The molecule has 0 bridgehead atoms. The number of hydrogen-bond donors (Lipinski definition) is 0. The fraction of sp³-hybridized carbons (Fsp3) is 0.545. The zero-order chi connectivity index (χ0) is 17.9. The lowest BCUT2D eigenvalue weighted by atomic mass is 9.98. The van der Waals surface area contributed by atoms with E-state index in [1.54, 1.807) is 0 Å². The first-order valence-corrected chi connectivity index (χ1v) is 9.80.